The van der Waals surface area contributed by atoms with Crippen LogP contribution >= 0.6 is 11.6 Å². The van der Waals surface area contributed by atoms with Crippen LogP contribution < -0.4 is 14.8 Å². The molecule has 29 heavy (non-hydrogen) atoms. The second-order valence-corrected chi connectivity index (χ2v) is 6.11. The Balaban J connectivity index is 1.69. The molecule has 2 aromatic carbocycles. The first kappa shape index (κ1) is 19.9. The molecule has 0 atom stereocenters. The smallest absolute Gasteiger partial charge is 0.345 e. The number of rotatable bonds is 5. The lowest BCUT2D eigenvalue weighted by atomic mass is 10.1. The summed E-state index contributed by atoms with van der Waals surface area (Å²) in [6, 6.07) is 8.34. The predicted octanol–water partition coefficient (Wildman–Crippen LogP) is 2.69. The van der Waals surface area contributed by atoms with E-state index in [-0.39, 0.29) is 40.9 Å². The molecule has 1 N–H and O–H groups in total. The lowest BCUT2D eigenvalue weighted by molar-refractivity contribution is -0.385. The van der Waals surface area contributed by atoms with E-state index in [0.717, 1.165) is 12.1 Å². The molecule has 0 spiro atoms. The summed E-state index contributed by atoms with van der Waals surface area (Å²) < 4.78 is 15.5. The number of hydrogen-bond donors (Lipinski definition) is 1. The first-order chi connectivity index (χ1) is 13.9. The number of anilines is 1. The fourth-order valence-electron chi connectivity index (χ4n) is 2.48. The Morgan fingerprint density at radius 2 is 1.93 bits per heavy atom. The van der Waals surface area contributed by atoms with Crippen LogP contribution in [-0.4, -0.2) is 36.6 Å². The van der Waals surface area contributed by atoms with Crippen LogP contribution in [0.4, 0.5) is 11.4 Å². The minimum atomic E-state index is -1.07. The molecule has 1 amide bonds. The number of amides is 1. The van der Waals surface area contributed by atoms with Crippen molar-refractivity contribution >= 4 is 34.9 Å². The Hall–Kier alpha value is -3.84. The molecular formula is C18H12ClN3O7. The number of carbonyl (C=O) groups is 2. The Bertz CT molecular complexity index is 1050. The molecule has 0 fully saturated rings. The topological polar surface area (TPSA) is 141 Å². The van der Waals surface area contributed by atoms with E-state index in [1.807, 2.05) is 6.07 Å². The molecule has 1 heterocycles. The van der Waals surface area contributed by atoms with Crippen molar-refractivity contribution in [2.45, 2.75) is 0 Å². The summed E-state index contributed by atoms with van der Waals surface area (Å²) in [5, 5.41) is 22.7. The number of ether oxygens (including phenoxy) is 3. The maximum absolute atomic E-state index is 12.3. The van der Waals surface area contributed by atoms with Gasteiger partial charge in [0.25, 0.3) is 11.6 Å². The minimum absolute atomic E-state index is 0.147. The molecule has 0 aromatic heterocycles. The van der Waals surface area contributed by atoms with Crippen molar-refractivity contribution in [3.05, 3.63) is 56.6 Å². The maximum Gasteiger partial charge on any atom is 0.345 e. The third-order valence-electron chi connectivity index (χ3n) is 3.78. The van der Waals surface area contributed by atoms with Crippen LogP contribution in [0.1, 0.15) is 15.9 Å². The fraction of sp³-hybridized carbons (Fsp3) is 0.167. The summed E-state index contributed by atoms with van der Waals surface area (Å²) in [5.74, 6) is -1.44. The van der Waals surface area contributed by atoms with Crippen molar-refractivity contribution < 1.29 is 28.7 Å². The fourth-order valence-corrected chi connectivity index (χ4v) is 2.70. The molecule has 3 rings (SSSR count). The van der Waals surface area contributed by atoms with E-state index in [4.69, 9.17) is 31.1 Å². The van der Waals surface area contributed by atoms with Crippen LogP contribution in [0.15, 0.2) is 30.3 Å². The molecule has 1 aliphatic heterocycles. The number of esters is 1. The van der Waals surface area contributed by atoms with Crippen LogP contribution in [0, 0.1) is 21.4 Å². The van der Waals surface area contributed by atoms with Gasteiger partial charge in [-0.15, -0.1) is 0 Å². The normalized spacial score (nSPS) is 11.9. The first-order valence-electron chi connectivity index (χ1n) is 8.13. The second-order valence-electron chi connectivity index (χ2n) is 5.70. The number of fused-ring (bicyclic) bond motifs is 1. The lowest BCUT2D eigenvalue weighted by Gasteiger charge is -2.18. The average molecular weight is 418 g/mol. The van der Waals surface area contributed by atoms with E-state index < -0.39 is 29.1 Å². The van der Waals surface area contributed by atoms with E-state index in [0.29, 0.717) is 5.69 Å². The number of nitrogens with one attached hydrogen (secondary N) is 1. The summed E-state index contributed by atoms with van der Waals surface area (Å²) in [6.07, 6.45) is 0. The van der Waals surface area contributed by atoms with Gasteiger partial charge in [-0.2, -0.15) is 5.26 Å². The molecule has 0 unspecified atom stereocenters. The third kappa shape index (κ3) is 4.53. The highest BCUT2D eigenvalue weighted by Gasteiger charge is 2.27. The minimum Gasteiger partial charge on any atom is -0.486 e. The van der Waals surface area contributed by atoms with Gasteiger partial charge in [-0.25, -0.2) is 4.79 Å². The van der Waals surface area contributed by atoms with Crippen LogP contribution in [0.2, 0.25) is 5.02 Å². The summed E-state index contributed by atoms with van der Waals surface area (Å²) >= 11 is 5.88. The second kappa shape index (κ2) is 8.45. The Kier molecular flexibility index (Phi) is 5.80. The van der Waals surface area contributed by atoms with E-state index >= 15 is 0 Å². The first-order valence-corrected chi connectivity index (χ1v) is 8.51. The van der Waals surface area contributed by atoms with Crippen molar-refractivity contribution in [2.75, 3.05) is 25.1 Å². The van der Waals surface area contributed by atoms with Crippen molar-refractivity contribution in [2.24, 2.45) is 0 Å². The van der Waals surface area contributed by atoms with Gasteiger partial charge >= 0.3 is 5.97 Å². The average Bonchev–Trinajstić information content (AvgIpc) is 2.71. The molecule has 11 heteroatoms. The van der Waals surface area contributed by atoms with Crippen LogP contribution in [0.25, 0.3) is 0 Å². The lowest BCUT2D eigenvalue weighted by Crippen LogP contribution is -2.22. The summed E-state index contributed by atoms with van der Waals surface area (Å²) in [5.41, 5.74) is -0.366. The number of halogens is 1. The van der Waals surface area contributed by atoms with Gasteiger partial charge in [0.2, 0.25) is 0 Å². The van der Waals surface area contributed by atoms with Gasteiger partial charge in [-0.1, -0.05) is 11.6 Å². The SMILES string of the molecule is N#Cc1ccc(NC(=O)COC(=O)c2cc3c(cc2[N+](=O)[O-])OCCO3)cc1Cl. The van der Waals surface area contributed by atoms with Gasteiger partial charge < -0.3 is 19.5 Å². The van der Waals surface area contributed by atoms with Crippen molar-refractivity contribution in [3.8, 4) is 17.6 Å². The molecule has 0 bridgehead atoms. The molecule has 1 aliphatic rings. The van der Waals surface area contributed by atoms with Crippen LogP contribution in [0.3, 0.4) is 0 Å². The Morgan fingerprint density at radius 3 is 2.55 bits per heavy atom. The number of benzene rings is 2. The Labute approximate surface area is 168 Å². The van der Waals surface area contributed by atoms with Gasteiger partial charge in [-0.05, 0) is 18.2 Å². The summed E-state index contributed by atoms with van der Waals surface area (Å²) in [4.78, 5) is 34.8. The van der Waals surface area contributed by atoms with Crippen molar-refractivity contribution in [3.63, 3.8) is 0 Å². The van der Waals surface area contributed by atoms with Gasteiger partial charge in [0, 0.05) is 11.8 Å². The van der Waals surface area contributed by atoms with Crippen LogP contribution in [-0.2, 0) is 9.53 Å². The third-order valence-corrected chi connectivity index (χ3v) is 4.10. The molecule has 148 valence electrons. The quantitative estimate of drug-likeness (QED) is 0.444. The number of nitrogens with zero attached hydrogens (tertiary/aromatic N) is 2. The molecule has 0 saturated heterocycles. The maximum atomic E-state index is 12.3. The zero-order valence-electron chi connectivity index (χ0n) is 14.6. The van der Waals surface area contributed by atoms with Crippen molar-refractivity contribution in [1.82, 2.24) is 0 Å². The van der Waals surface area contributed by atoms with Gasteiger partial charge in [0.1, 0.15) is 24.8 Å². The number of nitriles is 1. The molecular weight excluding hydrogens is 406 g/mol. The van der Waals surface area contributed by atoms with E-state index in [1.165, 1.54) is 18.2 Å². The molecule has 2 aromatic rings. The Morgan fingerprint density at radius 1 is 1.24 bits per heavy atom. The summed E-state index contributed by atoms with van der Waals surface area (Å²) in [7, 11) is 0. The van der Waals surface area contributed by atoms with E-state index in [1.54, 1.807) is 0 Å². The number of nitro benzene ring substituents is 1. The molecule has 0 saturated carbocycles. The highest BCUT2D eigenvalue weighted by atomic mass is 35.5. The molecule has 10 nitrogen and oxygen atoms in total. The van der Waals surface area contributed by atoms with Gasteiger partial charge in [0.05, 0.1) is 21.6 Å². The van der Waals surface area contributed by atoms with Gasteiger partial charge in [-0.3, -0.25) is 14.9 Å². The highest BCUT2D eigenvalue weighted by Crippen LogP contribution is 2.36. The number of hydrogen-bond acceptors (Lipinski definition) is 8. The standard InChI is InChI=1S/C18H12ClN3O7/c19-13-5-11(2-1-10(13)8-20)21-17(23)9-29-18(24)12-6-15-16(28-4-3-27-15)7-14(12)22(25)26/h1-2,5-7H,3-4,9H2,(H,21,23). The number of carbonyl (C=O) groups excluding carboxylic acids is 2. The largest absolute Gasteiger partial charge is 0.486 e. The zero-order chi connectivity index (χ0) is 21.0. The zero-order valence-corrected chi connectivity index (χ0v) is 15.4. The monoisotopic (exact) mass is 417 g/mol. The van der Waals surface area contributed by atoms with Crippen molar-refractivity contribution in [1.29, 1.82) is 5.26 Å². The highest BCUT2D eigenvalue weighted by molar-refractivity contribution is 6.32. The van der Waals surface area contributed by atoms with Gasteiger partial charge in [0.15, 0.2) is 18.1 Å². The predicted molar refractivity (Wildman–Crippen MR) is 99.2 cm³/mol. The molecule has 0 aliphatic carbocycles. The van der Waals surface area contributed by atoms with E-state index in [9.17, 15) is 19.7 Å². The van der Waals surface area contributed by atoms with Crippen LogP contribution in [0.5, 0.6) is 11.5 Å². The molecule has 0 radical (unpaired) electrons. The van der Waals surface area contributed by atoms with E-state index in [2.05, 4.69) is 5.32 Å². The number of nitro groups is 1. The summed E-state index contributed by atoms with van der Waals surface area (Å²) in [6.45, 7) is -0.232.